The van der Waals surface area contributed by atoms with Crippen molar-refractivity contribution in [1.82, 2.24) is 10.2 Å². The molecule has 0 radical (unpaired) electrons. The van der Waals surface area contributed by atoms with Crippen LogP contribution in [0.5, 0.6) is 11.5 Å². The number of amides is 1. The Balaban J connectivity index is 1.36. The highest BCUT2D eigenvalue weighted by Crippen LogP contribution is 2.62. The highest BCUT2D eigenvalue weighted by atomic mass is 16.6. The number of hydrogen-bond acceptors (Lipinski definition) is 8. The molecule has 4 aliphatic rings. The molecule has 3 N–H and O–H groups in total. The fourth-order valence-electron chi connectivity index (χ4n) is 6.68. The number of carboxylic acid groups (broad SMARTS) is 1. The largest absolute Gasteiger partial charge is 0.493 e. The number of carboxylic acids is 1. The number of rotatable bonds is 8. The number of likely N-dealkylation sites (tertiary alicyclic amines) is 1. The summed E-state index contributed by atoms with van der Waals surface area (Å²) in [6.07, 6.45) is 2.20. The molecule has 1 spiro atoms. The first-order valence-electron chi connectivity index (χ1n) is 12.7. The second-order valence-corrected chi connectivity index (χ2v) is 10.9. The number of nitrogens with one attached hydrogen (secondary N) is 1. The van der Waals surface area contributed by atoms with Crippen LogP contribution in [0.25, 0.3) is 0 Å². The van der Waals surface area contributed by atoms with E-state index < -0.39 is 54.5 Å². The molecular weight excluding hydrogens is 480 g/mol. The normalized spacial score (nSPS) is 30.6. The molecule has 1 aromatic carbocycles. The third-order valence-corrected chi connectivity index (χ3v) is 8.50. The van der Waals surface area contributed by atoms with Crippen LogP contribution in [-0.2, 0) is 31.0 Å². The van der Waals surface area contributed by atoms with Crippen LogP contribution < -0.4 is 14.8 Å². The molecule has 1 saturated heterocycles. The molecule has 0 aromatic heterocycles. The fraction of sp³-hybridized carbons (Fsp3) is 0.593. The van der Waals surface area contributed by atoms with Crippen LogP contribution in [-0.4, -0.2) is 84.1 Å². The van der Waals surface area contributed by atoms with Gasteiger partial charge in [0.25, 0.3) is 0 Å². The predicted molar refractivity (Wildman–Crippen MR) is 131 cm³/mol. The fourth-order valence-corrected chi connectivity index (χ4v) is 6.68. The molecule has 10 nitrogen and oxygen atoms in total. The summed E-state index contributed by atoms with van der Waals surface area (Å²) in [4.78, 5) is 39.0. The number of ether oxygens (including phenoxy) is 3. The Bertz CT molecular complexity index is 1150. The van der Waals surface area contributed by atoms with Crippen molar-refractivity contribution in [3.63, 3.8) is 0 Å². The molecule has 2 bridgehead atoms. The smallest absolute Gasteiger partial charge is 0.326 e. The van der Waals surface area contributed by atoms with Gasteiger partial charge in [0, 0.05) is 22.9 Å². The summed E-state index contributed by atoms with van der Waals surface area (Å²) in [5.74, 6) is -1.76. The van der Waals surface area contributed by atoms with Gasteiger partial charge in [-0.2, -0.15) is 0 Å². The Morgan fingerprint density at radius 2 is 2.03 bits per heavy atom. The predicted octanol–water partition coefficient (Wildman–Crippen LogP) is 1.03. The van der Waals surface area contributed by atoms with Gasteiger partial charge in [0.15, 0.2) is 17.6 Å². The average molecular weight is 515 g/mol. The number of carbonyl (C=O) groups is 3. The quantitative estimate of drug-likeness (QED) is 0.343. The van der Waals surface area contributed by atoms with E-state index in [4.69, 9.17) is 14.2 Å². The number of benzene rings is 1. The van der Waals surface area contributed by atoms with E-state index in [2.05, 4.69) is 29.4 Å². The molecule has 0 saturated carbocycles. The maximum atomic E-state index is 12.8. The van der Waals surface area contributed by atoms with E-state index in [0.717, 1.165) is 24.9 Å². The molecular formula is C27H34N2O8. The summed E-state index contributed by atoms with van der Waals surface area (Å²) in [6, 6.07) is 3.15. The number of carbonyl (C=O) groups excluding carboxylic acids is 2. The third kappa shape index (κ3) is 3.97. The number of aliphatic hydroxyl groups excluding tert-OH is 1. The van der Waals surface area contributed by atoms with Crippen LogP contribution in [0.4, 0.5) is 0 Å². The Morgan fingerprint density at radius 1 is 1.27 bits per heavy atom. The van der Waals surface area contributed by atoms with E-state index in [1.54, 1.807) is 21.0 Å². The van der Waals surface area contributed by atoms with Crippen molar-refractivity contribution < 1.29 is 38.8 Å². The Morgan fingerprint density at radius 3 is 2.70 bits per heavy atom. The number of aliphatic hydroxyl groups is 1. The average Bonchev–Trinajstić information content (AvgIpc) is 3.20. The summed E-state index contributed by atoms with van der Waals surface area (Å²) >= 11 is 0. The second-order valence-electron chi connectivity index (χ2n) is 10.9. The molecule has 200 valence electrons. The SMILES string of the molecule is COc1ccc2c3c1O[C@H]1[C@@H](OC(=O)CC(O)C(=O)NC(C(=O)O)C(C)C)C=CC4[C@@H](C2)N(C)CC[C@@]341. The van der Waals surface area contributed by atoms with E-state index in [0.29, 0.717) is 17.5 Å². The molecule has 2 heterocycles. The number of likely N-dealkylation sites (N-methyl/N-ethyl adjacent to an activating group) is 1. The van der Waals surface area contributed by atoms with Crippen LogP contribution in [0.3, 0.4) is 0 Å². The van der Waals surface area contributed by atoms with Gasteiger partial charge < -0.3 is 34.6 Å². The van der Waals surface area contributed by atoms with Crippen molar-refractivity contribution in [1.29, 1.82) is 0 Å². The van der Waals surface area contributed by atoms with Gasteiger partial charge in [0.2, 0.25) is 5.91 Å². The third-order valence-electron chi connectivity index (χ3n) is 8.50. The van der Waals surface area contributed by atoms with Gasteiger partial charge in [-0.25, -0.2) is 4.79 Å². The Labute approximate surface area is 215 Å². The van der Waals surface area contributed by atoms with Gasteiger partial charge in [0.1, 0.15) is 18.2 Å². The van der Waals surface area contributed by atoms with Gasteiger partial charge in [-0.3, -0.25) is 9.59 Å². The first-order valence-corrected chi connectivity index (χ1v) is 12.7. The molecule has 2 aliphatic heterocycles. The molecule has 1 fully saturated rings. The van der Waals surface area contributed by atoms with Crippen molar-refractivity contribution >= 4 is 17.8 Å². The molecule has 1 amide bonds. The van der Waals surface area contributed by atoms with Gasteiger partial charge >= 0.3 is 11.9 Å². The van der Waals surface area contributed by atoms with E-state index >= 15 is 0 Å². The number of nitrogens with zero attached hydrogens (tertiary/aromatic N) is 1. The Hall–Kier alpha value is -3.11. The summed E-state index contributed by atoms with van der Waals surface area (Å²) in [6.45, 7) is 4.16. The highest BCUT2D eigenvalue weighted by molar-refractivity contribution is 5.89. The van der Waals surface area contributed by atoms with E-state index in [9.17, 15) is 24.6 Å². The van der Waals surface area contributed by atoms with Gasteiger partial charge in [0.05, 0.1) is 13.5 Å². The lowest BCUT2D eigenvalue weighted by molar-refractivity contribution is -0.159. The number of hydrogen-bond donors (Lipinski definition) is 3. The lowest BCUT2D eigenvalue weighted by Crippen LogP contribution is -2.65. The minimum Gasteiger partial charge on any atom is -0.493 e. The highest BCUT2D eigenvalue weighted by Gasteiger charge is 2.65. The van der Waals surface area contributed by atoms with Gasteiger partial charge in [-0.1, -0.05) is 26.0 Å². The topological polar surface area (TPSA) is 135 Å². The summed E-state index contributed by atoms with van der Waals surface area (Å²) in [5, 5.41) is 21.9. The molecule has 7 atom stereocenters. The van der Waals surface area contributed by atoms with E-state index in [-0.39, 0.29) is 11.3 Å². The summed E-state index contributed by atoms with van der Waals surface area (Å²) in [5.41, 5.74) is 2.00. The minimum atomic E-state index is -1.73. The number of esters is 1. The first-order chi connectivity index (χ1) is 17.6. The van der Waals surface area contributed by atoms with E-state index in [1.165, 1.54) is 5.56 Å². The van der Waals surface area contributed by atoms with Crippen molar-refractivity contribution in [2.24, 2.45) is 11.8 Å². The number of aliphatic carboxylic acids is 1. The zero-order valence-electron chi connectivity index (χ0n) is 21.5. The molecule has 37 heavy (non-hydrogen) atoms. The molecule has 2 aliphatic carbocycles. The van der Waals surface area contributed by atoms with Crippen molar-refractivity contribution in [3.05, 3.63) is 35.4 Å². The van der Waals surface area contributed by atoms with Crippen molar-refractivity contribution in [3.8, 4) is 11.5 Å². The second kappa shape index (κ2) is 9.33. The van der Waals surface area contributed by atoms with Crippen LogP contribution in [0.1, 0.15) is 37.8 Å². The van der Waals surface area contributed by atoms with Crippen LogP contribution >= 0.6 is 0 Å². The molecule has 10 heteroatoms. The molecule has 5 rings (SSSR count). The number of piperidine rings is 1. The molecule has 1 aromatic rings. The lowest BCUT2D eigenvalue weighted by Gasteiger charge is -2.56. The lowest BCUT2D eigenvalue weighted by atomic mass is 9.53. The first kappa shape index (κ1) is 25.5. The minimum absolute atomic E-state index is 0.187. The zero-order valence-corrected chi connectivity index (χ0v) is 21.5. The van der Waals surface area contributed by atoms with Crippen molar-refractivity contribution in [2.75, 3.05) is 20.7 Å². The monoisotopic (exact) mass is 514 g/mol. The van der Waals surface area contributed by atoms with Crippen LogP contribution in [0, 0.1) is 11.8 Å². The standard InChI is InChI=1S/C27H34N2O8/c1-13(2)22(26(33)34)28-25(32)17(30)12-20(31)36-19-8-6-15-16-11-14-5-7-18(35-4)23-21(14)27(15,24(19)37-23)9-10-29(16)3/h5-8,13,15-17,19,22,24,30H,9-12H2,1-4H3,(H,28,32)(H,33,34)/t15?,16-,17?,19+,22?,24+,27+/m1/s1. The van der Waals surface area contributed by atoms with Gasteiger partial charge in [-0.05, 0) is 50.1 Å². The van der Waals surface area contributed by atoms with Crippen LogP contribution in [0.15, 0.2) is 24.3 Å². The van der Waals surface area contributed by atoms with E-state index in [1.807, 2.05) is 12.1 Å². The maximum Gasteiger partial charge on any atom is 0.326 e. The summed E-state index contributed by atoms with van der Waals surface area (Å²) in [7, 11) is 3.74. The maximum absolute atomic E-state index is 12.8. The number of methoxy groups -OCH3 is 1. The van der Waals surface area contributed by atoms with Gasteiger partial charge in [-0.15, -0.1) is 0 Å². The molecule has 3 unspecified atom stereocenters. The zero-order chi connectivity index (χ0) is 26.6. The Kier molecular flexibility index (Phi) is 6.44. The van der Waals surface area contributed by atoms with Crippen molar-refractivity contribution in [2.45, 2.75) is 68.9 Å². The summed E-state index contributed by atoms with van der Waals surface area (Å²) < 4.78 is 17.9. The van der Waals surface area contributed by atoms with Crippen LogP contribution in [0.2, 0.25) is 0 Å².